The zero-order valence-corrected chi connectivity index (χ0v) is 20.6. The number of amides is 1. The third-order valence-electron chi connectivity index (χ3n) is 6.34. The van der Waals surface area contributed by atoms with Crippen molar-refractivity contribution < 1.29 is 9.53 Å². The van der Waals surface area contributed by atoms with Crippen molar-refractivity contribution in [3.05, 3.63) is 0 Å². The standard InChI is InChI=1S/C21H39N5O2.HI/c1-3-22-21(23-11-12-24(2)18-8-5-4-6-9-18)26-15-13-25(14-16-26)20(27)19-10-7-17-28-19;/h18-19H,3-17H2,1-2H3,(H,22,23);1H. The first-order chi connectivity index (χ1) is 13.7. The number of nitrogens with one attached hydrogen (secondary N) is 1. The molecule has 3 fully saturated rings. The van der Waals surface area contributed by atoms with Gasteiger partial charge in [-0.2, -0.15) is 0 Å². The lowest BCUT2D eigenvalue weighted by atomic mass is 9.94. The van der Waals surface area contributed by atoms with Crippen molar-refractivity contribution in [1.29, 1.82) is 0 Å². The van der Waals surface area contributed by atoms with Gasteiger partial charge in [0.2, 0.25) is 0 Å². The lowest BCUT2D eigenvalue weighted by Crippen LogP contribution is -2.55. The van der Waals surface area contributed by atoms with E-state index in [4.69, 9.17) is 9.73 Å². The molecule has 2 aliphatic heterocycles. The number of nitrogens with zero attached hydrogens (tertiary/aromatic N) is 4. The number of piperazine rings is 1. The van der Waals surface area contributed by atoms with Crippen LogP contribution in [0.1, 0.15) is 51.9 Å². The van der Waals surface area contributed by atoms with Crippen LogP contribution < -0.4 is 5.32 Å². The molecule has 3 aliphatic rings. The van der Waals surface area contributed by atoms with Gasteiger partial charge in [-0.05, 0) is 39.7 Å². The molecule has 7 nitrogen and oxygen atoms in total. The molecule has 1 saturated carbocycles. The molecule has 0 aromatic carbocycles. The molecule has 0 aromatic heterocycles. The number of halogens is 1. The van der Waals surface area contributed by atoms with Crippen LogP contribution in [0.15, 0.2) is 4.99 Å². The summed E-state index contributed by atoms with van der Waals surface area (Å²) in [6.45, 7) is 8.72. The smallest absolute Gasteiger partial charge is 0.251 e. The van der Waals surface area contributed by atoms with E-state index in [0.717, 1.165) is 77.3 Å². The quantitative estimate of drug-likeness (QED) is 0.330. The van der Waals surface area contributed by atoms with E-state index in [1.54, 1.807) is 0 Å². The molecule has 2 saturated heterocycles. The Morgan fingerprint density at radius 2 is 1.76 bits per heavy atom. The molecule has 8 heteroatoms. The minimum absolute atomic E-state index is 0. The zero-order chi connectivity index (χ0) is 19.8. The van der Waals surface area contributed by atoms with Crippen LogP contribution in [0.2, 0.25) is 0 Å². The Labute approximate surface area is 193 Å². The fraction of sp³-hybridized carbons (Fsp3) is 0.905. The van der Waals surface area contributed by atoms with E-state index in [1.807, 2.05) is 4.90 Å². The third-order valence-corrected chi connectivity index (χ3v) is 6.34. The Morgan fingerprint density at radius 1 is 1.07 bits per heavy atom. The fourth-order valence-corrected chi connectivity index (χ4v) is 4.56. The summed E-state index contributed by atoms with van der Waals surface area (Å²) in [6, 6.07) is 0.735. The average molecular weight is 521 g/mol. The summed E-state index contributed by atoms with van der Waals surface area (Å²) >= 11 is 0. The van der Waals surface area contributed by atoms with Crippen LogP contribution in [-0.4, -0.2) is 98.2 Å². The number of likely N-dealkylation sites (N-methyl/N-ethyl adjacent to an activating group) is 1. The van der Waals surface area contributed by atoms with E-state index < -0.39 is 0 Å². The second-order valence-electron chi connectivity index (χ2n) is 8.32. The fourth-order valence-electron chi connectivity index (χ4n) is 4.56. The third kappa shape index (κ3) is 7.24. The minimum atomic E-state index is -0.205. The van der Waals surface area contributed by atoms with Gasteiger partial charge in [0, 0.05) is 51.9 Å². The first kappa shape index (κ1) is 24.7. The number of carbonyl (C=O) groups is 1. The zero-order valence-electron chi connectivity index (χ0n) is 18.3. The van der Waals surface area contributed by atoms with Crippen molar-refractivity contribution in [2.24, 2.45) is 4.99 Å². The Kier molecular flexibility index (Phi) is 11.0. The number of hydrogen-bond acceptors (Lipinski definition) is 4. The molecule has 168 valence electrons. The van der Waals surface area contributed by atoms with Crippen LogP contribution in [0.3, 0.4) is 0 Å². The van der Waals surface area contributed by atoms with Crippen molar-refractivity contribution in [3.63, 3.8) is 0 Å². The summed E-state index contributed by atoms with van der Waals surface area (Å²) in [4.78, 5) is 24.2. The van der Waals surface area contributed by atoms with Crippen LogP contribution in [0.4, 0.5) is 0 Å². The SMILES string of the molecule is CCNC(=NCCN(C)C1CCCCC1)N1CCN(C(=O)C2CCCO2)CC1.I. The number of rotatable bonds is 6. The molecule has 1 aliphatic carbocycles. The second-order valence-corrected chi connectivity index (χ2v) is 8.32. The van der Waals surface area contributed by atoms with Gasteiger partial charge in [-0.25, -0.2) is 0 Å². The van der Waals surface area contributed by atoms with E-state index in [9.17, 15) is 4.79 Å². The molecule has 2 heterocycles. The summed E-state index contributed by atoms with van der Waals surface area (Å²) < 4.78 is 5.56. The summed E-state index contributed by atoms with van der Waals surface area (Å²) in [6.07, 6.45) is 8.48. The van der Waals surface area contributed by atoms with Crippen molar-refractivity contribution >= 4 is 35.8 Å². The molecule has 3 rings (SSSR count). The van der Waals surface area contributed by atoms with Gasteiger partial charge in [-0.15, -0.1) is 24.0 Å². The molecule has 1 N–H and O–H groups in total. The van der Waals surface area contributed by atoms with Gasteiger partial charge in [-0.1, -0.05) is 19.3 Å². The summed E-state index contributed by atoms with van der Waals surface area (Å²) in [5.41, 5.74) is 0. The van der Waals surface area contributed by atoms with Crippen LogP contribution >= 0.6 is 24.0 Å². The largest absolute Gasteiger partial charge is 0.368 e. The number of guanidine groups is 1. The van der Waals surface area contributed by atoms with Crippen LogP contribution in [0.5, 0.6) is 0 Å². The van der Waals surface area contributed by atoms with Gasteiger partial charge in [0.05, 0.1) is 6.54 Å². The van der Waals surface area contributed by atoms with Crippen LogP contribution in [-0.2, 0) is 9.53 Å². The molecule has 0 aromatic rings. The van der Waals surface area contributed by atoms with Crippen LogP contribution in [0.25, 0.3) is 0 Å². The normalized spacial score (nSPS) is 24.0. The second kappa shape index (κ2) is 12.9. The molecular weight excluding hydrogens is 481 g/mol. The number of hydrogen-bond donors (Lipinski definition) is 1. The highest BCUT2D eigenvalue weighted by Crippen LogP contribution is 2.21. The number of carbonyl (C=O) groups excluding carboxylic acids is 1. The predicted molar refractivity (Wildman–Crippen MR) is 128 cm³/mol. The van der Waals surface area contributed by atoms with Crippen molar-refractivity contribution in [2.75, 3.05) is 59.5 Å². The number of aliphatic imine (C=N–C) groups is 1. The van der Waals surface area contributed by atoms with E-state index in [2.05, 4.69) is 29.1 Å². The van der Waals surface area contributed by atoms with E-state index in [-0.39, 0.29) is 36.0 Å². The van der Waals surface area contributed by atoms with Gasteiger partial charge in [0.1, 0.15) is 6.10 Å². The maximum Gasteiger partial charge on any atom is 0.251 e. The van der Waals surface area contributed by atoms with Gasteiger partial charge < -0.3 is 24.8 Å². The Balaban J connectivity index is 0.00000300. The van der Waals surface area contributed by atoms with Crippen LogP contribution in [0, 0.1) is 0 Å². The molecule has 0 spiro atoms. The monoisotopic (exact) mass is 521 g/mol. The first-order valence-corrected chi connectivity index (χ1v) is 11.3. The maximum atomic E-state index is 12.5. The molecule has 0 radical (unpaired) electrons. The van der Waals surface area contributed by atoms with Gasteiger partial charge >= 0.3 is 0 Å². The highest BCUT2D eigenvalue weighted by molar-refractivity contribution is 14.0. The summed E-state index contributed by atoms with van der Waals surface area (Å²) in [5, 5.41) is 3.43. The van der Waals surface area contributed by atoms with Crippen molar-refractivity contribution in [1.82, 2.24) is 20.0 Å². The Hall–Kier alpha value is -0.610. The highest BCUT2D eigenvalue weighted by Gasteiger charge is 2.30. The molecular formula is C21H40IN5O2. The van der Waals surface area contributed by atoms with E-state index >= 15 is 0 Å². The number of ether oxygens (including phenoxy) is 1. The Morgan fingerprint density at radius 3 is 2.38 bits per heavy atom. The topological polar surface area (TPSA) is 60.4 Å². The summed E-state index contributed by atoms with van der Waals surface area (Å²) in [7, 11) is 2.24. The van der Waals surface area contributed by atoms with Gasteiger partial charge in [-0.3, -0.25) is 9.79 Å². The molecule has 1 unspecified atom stereocenters. The first-order valence-electron chi connectivity index (χ1n) is 11.3. The molecule has 29 heavy (non-hydrogen) atoms. The predicted octanol–water partition coefficient (Wildman–Crippen LogP) is 2.16. The van der Waals surface area contributed by atoms with Gasteiger partial charge in [0.15, 0.2) is 5.96 Å². The van der Waals surface area contributed by atoms with E-state index in [0.29, 0.717) is 0 Å². The Bertz CT molecular complexity index is 513. The van der Waals surface area contributed by atoms with Crippen molar-refractivity contribution in [2.45, 2.75) is 64.0 Å². The van der Waals surface area contributed by atoms with E-state index in [1.165, 1.54) is 32.1 Å². The lowest BCUT2D eigenvalue weighted by Gasteiger charge is -2.37. The molecule has 1 amide bonds. The molecule has 0 bridgehead atoms. The molecule has 1 atom stereocenters. The maximum absolute atomic E-state index is 12.5. The highest BCUT2D eigenvalue weighted by atomic mass is 127. The average Bonchev–Trinajstić information content (AvgIpc) is 3.28. The summed E-state index contributed by atoms with van der Waals surface area (Å²) in [5.74, 6) is 1.16. The van der Waals surface area contributed by atoms with Gasteiger partial charge in [0.25, 0.3) is 5.91 Å². The van der Waals surface area contributed by atoms with Crippen molar-refractivity contribution in [3.8, 4) is 0 Å². The lowest BCUT2D eigenvalue weighted by molar-refractivity contribution is -0.142. The minimum Gasteiger partial charge on any atom is -0.368 e.